The predicted molar refractivity (Wildman–Crippen MR) is 294 cm³/mol. The van der Waals surface area contributed by atoms with Crippen molar-refractivity contribution in [2.24, 2.45) is 17.8 Å². The predicted octanol–water partition coefficient (Wildman–Crippen LogP) is 5.17. The highest BCUT2D eigenvalue weighted by Gasteiger charge is 2.53. The smallest absolute Gasteiger partial charge is 0.341 e. The van der Waals surface area contributed by atoms with Crippen LogP contribution in [-0.4, -0.2) is 214 Å². The zero-order valence-electron chi connectivity index (χ0n) is 48.8. The number of thioether (sulfide) groups is 1. The molecule has 438 valence electrons. The van der Waals surface area contributed by atoms with Crippen molar-refractivity contribution in [3.63, 3.8) is 0 Å². The second-order valence-corrected chi connectivity index (χ2v) is 25.3. The Hall–Kier alpha value is -2.80. The fourth-order valence-corrected chi connectivity index (χ4v) is 13.7. The van der Waals surface area contributed by atoms with Crippen molar-refractivity contribution in [3.05, 3.63) is 39.7 Å². The highest BCUT2D eigenvalue weighted by atomic mass is 32.2. The lowest BCUT2D eigenvalue weighted by Crippen LogP contribution is -2.61. The highest BCUT2D eigenvalue weighted by molar-refractivity contribution is 7.99. The Labute approximate surface area is 461 Å². The number of pyridine rings is 1. The van der Waals surface area contributed by atoms with Gasteiger partial charge in [-0.25, -0.2) is 4.79 Å². The van der Waals surface area contributed by atoms with Crippen LogP contribution in [0, 0.1) is 17.8 Å². The van der Waals surface area contributed by atoms with E-state index in [2.05, 4.69) is 11.0 Å². The lowest BCUT2D eigenvalue weighted by molar-refractivity contribution is -0.320. The van der Waals surface area contributed by atoms with E-state index in [0.717, 1.165) is 34.6 Å². The largest absolute Gasteiger partial charge is 0.477 e. The Morgan fingerprint density at radius 1 is 0.948 bits per heavy atom. The lowest BCUT2D eigenvalue weighted by atomic mass is 9.77. The summed E-state index contributed by atoms with van der Waals surface area (Å²) in [6.45, 7) is 22.2. The number of methoxy groups -OCH3 is 1. The second-order valence-electron chi connectivity index (χ2n) is 24.1. The molecule has 6 rings (SSSR count). The van der Waals surface area contributed by atoms with Crippen molar-refractivity contribution in [3.8, 4) is 0 Å². The summed E-state index contributed by atoms with van der Waals surface area (Å²) < 4.78 is 47.8. The van der Waals surface area contributed by atoms with Crippen molar-refractivity contribution in [2.45, 2.75) is 216 Å². The van der Waals surface area contributed by atoms with E-state index in [4.69, 9.17) is 33.2 Å². The molecular formula is C57H94N4O15S. The minimum atomic E-state index is -1.84. The molecule has 77 heavy (non-hydrogen) atoms. The first-order valence-corrected chi connectivity index (χ1v) is 28.9. The van der Waals surface area contributed by atoms with Gasteiger partial charge in [-0.05, 0) is 139 Å². The number of ether oxygens (including phenoxy) is 7. The Balaban J connectivity index is 1.20. The van der Waals surface area contributed by atoms with Gasteiger partial charge in [-0.15, -0.1) is 11.8 Å². The number of aromatic nitrogens is 1. The maximum atomic E-state index is 14.6. The average molecular weight is 1110 g/mol. The number of benzene rings is 1. The fraction of sp³-hybridized carbons (Fsp3) is 0.807. The molecule has 0 spiro atoms. The molecule has 4 aliphatic heterocycles. The van der Waals surface area contributed by atoms with Crippen molar-refractivity contribution in [1.29, 1.82) is 0 Å². The van der Waals surface area contributed by atoms with Gasteiger partial charge in [-0.3, -0.25) is 9.59 Å². The summed E-state index contributed by atoms with van der Waals surface area (Å²) in [5.41, 5.74) is -3.18. The standard InChI is InChI=1S/C57H94N4O15S/c1-17-43-57(11,69)49(64)36(7)60(15)29-31(2)27-55(9,68)50(76-54-47(63)42(58(12)13)24-33(4)72-54)34(5)48(35(6)53(67)74-43)75-44-28-56(10,70-16)51(37(8)73-44)71-22-20-59(14)21-23-77-39-25-38-19-18-32(3)61-30-41(52(65)66)46(62)40(26-39)45(38)61/h25-26,30-37,42-44,47-51,54,63-64,68-69H,17-24,27-29H2,1-16H3,(H,65,66)/t31-,32?,33-,34+,35-,36-,37+,42+,43-,44?,47-,48+,49+,50?,51+,54+,55-,56-,57-/m1/s1. The molecule has 5 heterocycles. The molecule has 0 bridgehead atoms. The monoisotopic (exact) mass is 1110 g/mol. The number of carbonyl (C=O) groups excluding carboxylic acids is 1. The molecule has 1 aromatic heterocycles. The van der Waals surface area contributed by atoms with Crippen LogP contribution in [0.15, 0.2) is 28.0 Å². The van der Waals surface area contributed by atoms with Crippen LogP contribution in [0.25, 0.3) is 10.9 Å². The van der Waals surface area contributed by atoms with Crippen molar-refractivity contribution >= 4 is 34.6 Å². The summed E-state index contributed by atoms with van der Waals surface area (Å²) >= 11 is 1.62. The highest BCUT2D eigenvalue weighted by Crippen LogP contribution is 2.41. The van der Waals surface area contributed by atoms with Crippen LogP contribution in [0.2, 0.25) is 0 Å². The fourth-order valence-electron chi connectivity index (χ4n) is 12.6. The number of hydrogen-bond acceptors (Lipinski definition) is 18. The van der Waals surface area contributed by atoms with Gasteiger partial charge in [-0.1, -0.05) is 20.8 Å². The molecular weight excluding hydrogens is 1010 g/mol. The minimum absolute atomic E-state index is 0.0880. The molecule has 19 atom stereocenters. The zero-order chi connectivity index (χ0) is 57.2. The molecule has 1 aromatic carbocycles. The average Bonchev–Trinajstić information content (AvgIpc) is 3.35. The van der Waals surface area contributed by atoms with Crippen LogP contribution in [-0.2, 0) is 44.4 Å². The third-order valence-electron chi connectivity index (χ3n) is 17.4. The Morgan fingerprint density at radius 2 is 1.64 bits per heavy atom. The van der Waals surface area contributed by atoms with Gasteiger partial charge in [0.1, 0.15) is 35.6 Å². The van der Waals surface area contributed by atoms with Gasteiger partial charge >= 0.3 is 11.9 Å². The summed E-state index contributed by atoms with van der Waals surface area (Å²) in [4.78, 5) is 46.9. The number of nitrogens with zero attached hydrogens (tertiary/aromatic N) is 4. The number of aliphatic hydroxyl groups is 4. The molecule has 3 saturated heterocycles. The first kappa shape index (κ1) is 63.4. The molecule has 5 N–H and O–H groups in total. The van der Waals surface area contributed by atoms with Gasteiger partial charge in [0.15, 0.2) is 12.6 Å². The van der Waals surface area contributed by atoms with Crippen LogP contribution in [0.5, 0.6) is 0 Å². The quantitative estimate of drug-likeness (QED) is 0.108. The van der Waals surface area contributed by atoms with Gasteiger partial charge in [0.25, 0.3) is 0 Å². The molecule has 4 aliphatic rings. The maximum absolute atomic E-state index is 14.6. The Kier molecular flexibility index (Phi) is 21.4. The number of likely N-dealkylation sites (N-methyl/N-ethyl adjacent to an activating group) is 3. The van der Waals surface area contributed by atoms with Crippen LogP contribution < -0.4 is 5.43 Å². The molecule has 20 heteroatoms. The summed E-state index contributed by atoms with van der Waals surface area (Å²) in [7, 11) is 9.25. The molecule has 3 fully saturated rings. The molecule has 19 nitrogen and oxygen atoms in total. The summed E-state index contributed by atoms with van der Waals surface area (Å²) in [6, 6.07) is 3.17. The number of aryl methyl sites for hydroxylation is 1. The number of carboxylic acids is 1. The van der Waals surface area contributed by atoms with E-state index in [0.29, 0.717) is 38.0 Å². The van der Waals surface area contributed by atoms with Crippen LogP contribution in [0.4, 0.5) is 0 Å². The normalized spacial score (nSPS) is 39.1. The first-order valence-electron chi connectivity index (χ1n) is 27.9. The molecule has 0 radical (unpaired) electrons. The molecule has 0 amide bonds. The summed E-state index contributed by atoms with van der Waals surface area (Å²) in [6.07, 6.45) is -4.77. The second kappa shape index (κ2) is 26.0. The van der Waals surface area contributed by atoms with Crippen LogP contribution in [0.3, 0.4) is 0 Å². The third kappa shape index (κ3) is 14.3. The number of carbonyl (C=O) groups is 2. The van der Waals surface area contributed by atoms with Crippen LogP contribution in [0.1, 0.15) is 130 Å². The Bertz CT molecular complexity index is 2370. The minimum Gasteiger partial charge on any atom is -0.477 e. The number of esters is 1. The van der Waals surface area contributed by atoms with E-state index in [1.807, 2.05) is 97.1 Å². The van der Waals surface area contributed by atoms with Crippen LogP contribution >= 0.6 is 11.8 Å². The summed E-state index contributed by atoms with van der Waals surface area (Å²) in [5, 5.41) is 58.5. The molecule has 0 saturated carbocycles. The van der Waals surface area contributed by atoms with Crippen molar-refractivity contribution in [1.82, 2.24) is 19.3 Å². The maximum Gasteiger partial charge on any atom is 0.341 e. The van der Waals surface area contributed by atoms with E-state index < -0.39 is 107 Å². The lowest BCUT2D eigenvalue weighted by Gasteiger charge is -2.49. The zero-order valence-corrected chi connectivity index (χ0v) is 49.6. The van der Waals surface area contributed by atoms with Gasteiger partial charge < -0.3 is 78.0 Å². The van der Waals surface area contributed by atoms with Gasteiger partial charge in [0.05, 0.1) is 53.7 Å². The number of aliphatic hydroxyl groups excluding tert-OH is 2. The van der Waals surface area contributed by atoms with Gasteiger partial charge in [0.2, 0.25) is 5.43 Å². The van der Waals surface area contributed by atoms with E-state index in [1.54, 1.807) is 39.6 Å². The molecule has 3 unspecified atom stereocenters. The van der Waals surface area contributed by atoms with Crippen molar-refractivity contribution in [2.75, 3.05) is 67.3 Å². The van der Waals surface area contributed by atoms with Crippen molar-refractivity contribution < 1.29 is 68.3 Å². The van der Waals surface area contributed by atoms with Gasteiger partial charge in [-0.2, -0.15) is 0 Å². The number of carboxylic acid groups (broad SMARTS) is 1. The van der Waals surface area contributed by atoms with E-state index in [9.17, 15) is 39.9 Å². The van der Waals surface area contributed by atoms with Gasteiger partial charge in [0, 0.05) is 79.4 Å². The molecule has 2 aromatic rings. The SMILES string of the molecule is CC[C@H]1OC(=O)[C@H](C)[C@@H](OC2C[C@@](C)(OC)[C@@H](OCCN(C)CCSc3cc4c5c(c3)c(=O)c(C(=O)O)cn5C(C)CC4)[C@H](C)O2)[C@H](C)C(O[C@@H]2O[C@H](C)C[C@H](N(C)C)[C@H]2O)[C@](C)(O)C[C@@H](C)CN(C)[C@H](C)[C@H](O)[C@]1(C)O. The van der Waals surface area contributed by atoms with E-state index in [1.165, 1.54) is 13.1 Å². The number of aromatic carboxylic acids is 1. The topological polar surface area (TPSA) is 232 Å². The summed E-state index contributed by atoms with van der Waals surface area (Å²) in [5.74, 6) is -3.21. The molecule has 0 aliphatic carbocycles. The van der Waals surface area contributed by atoms with E-state index in [-0.39, 0.29) is 48.9 Å². The number of cyclic esters (lactones) is 1. The first-order chi connectivity index (χ1) is 36.0. The van der Waals surface area contributed by atoms with E-state index >= 15 is 0 Å². The number of rotatable bonds is 16. The Morgan fingerprint density at radius 3 is 2.27 bits per heavy atom. The number of hydrogen-bond donors (Lipinski definition) is 5. The third-order valence-corrected chi connectivity index (χ3v) is 18.3.